The fourth-order valence-electron chi connectivity index (χ4n) is 3.03. The summed E-state index contributed by atoms with van der Waals surface area (Å²) in [6.07, 6.45) is -0.276. The molecule has 2 aliphatic rings. The first-order valence-electron chi connectivity index (χ1n) is 8.22. The third-order valence-electron chi connectivity index (χ3n) is 4.51. The maximum absolute atomic E-state index is 12.3. The summed E-state index contributed by atoms with van der Waals surface area (Å²) in [6.45, 7) is 0. The minimum absolute atomic E-state index is 0.0176. The van der Waals surface area contributed by atoms with Crippen molar-refractivity contribution in [1.82, 2.24) is 0 Å². The van der Waals surface area contributed by atoms with E-state index in [1.54, 1.807) is 0 Å². The number of hydrogen-bond donors (Lipinski definition) is 0. The van der Waals surface area contributed by atoms with Gasteiger partial charge in [-0.15, -0.1) is 0 Å². The fraction of sp³-hybridized carbons (Fsp3) is 0.100. The highest BCUT2D eigenvalue weighted by molar-refractivity contribution is 6.17. The van der Waals surface area contributed by atoms with Crippen molar-refractivity contribution >= 4 is 35.4 Å². The van der Waals surface area contributed by atoms with Crippen molar-refractivity contribution in [2.24, 2.45) is 0 Å². The van der Waals surface area contributed by atoms with Crippen molar-refractivity contribution in [3.63, 3.8) is 0 Å². The second kappa shape index (κ2) is 6.34. The maximum Gasteiger partial charge on any atom is 0.346 e. The molecule has 28 heavy (non-hydrogen) atoms. The molecule has 0 fully saturated rings. The number of carbonyl (C=O) groups excluding carboxylic acids is 6. The topological polar surface area (TPSA) is 121 Å². The molecule has 0 aromatic heterocycles. The maximum atomic E-state index is 12.3. The Bertz CT molecular complexity index is 1040. The fourth-order valence-corrected chi connectivity index (χ4v) is 3.03. The quantitative estimate of drug-likeness (QED) is 0.441. The van der Waals surface area contributed by atoms with Crippen molar-refractivity contribution < 1.29 is 38.2 Å². The molecule has 0 amide bonds. The molecule has 4 rings (SSSR count). The lowest BCUT2D eigenvalue weighted by molar-refractivity contribution is 0.0425. The van der Waals surface area contributed by atoms with Crippen molar-refractivity contribution in [3.8, 4) is 0 Å². The molecule has 8 nitrogen and oxygen atoms in total. The predicted octanol–water partition coefficient (Wildman–Crippen LogP) is 2.15. The van der Waals surface area contributed by atoms with Gasteiger partial charge in [-0.05, 0) is 24.3 Å². The van der Waals surface area contributed by atoms with E-state index in [0.717, 1.165) is 0 Å². The lowest BCUT2D eigenvalue weighted by atomic mass is 9.97. The first-order valence-corrected chi connectivity index (χ1v) is 8.22. The smallest absolute Gasteiger partial charge is 0.346 e. The number of ketones is 2. The average Bonchev–Trinajstić information content (AvgIpc) is 3.14. The van der Waals surface area contributed by atoms with Crippen LogP contribution in [-0.4, -0.2) is 35.4 Å². The third kappa shape index (κ3) is 2.81. The normalized spacial score (nSPS) is 14.4. The van der Waals surface area contributed by atoms with Gasteiger partial charge in [-0.25, -0.2) is 19.2 Å². The standard InChI is InChI=1S/C20H10O8/c21-15(9-1-3-11-13(7-9)19(25)27-17(11)23)5-6-16(22)10-2-4-12-14(8-10)20(26)28-18(12)24/h1-4,7-8H,5-6H2. The van der Waals surface area contributed by atoms with E-state index in [0.29, 0.717) is 0 Å². The molecule has 2 aromatic rings. The molecule has 2 aliphatic heterocycles. The number of fused-ring (bicyclic) bond motifs is 2. The molecule has 8 heteroatoms. The molecule has 0 spiro atoms. The Morgan fingerprint density at radius 3 is 1.32 bits per heavy atom. The predicted molar refractivity (Wildman–Crippen MR) is 90.3 cm³/mol. The summed E-state index contributed by atoms with van der Waals surface area (Å²) < 4.78 is 8.94. The van der Waals surface area contributed by atoms with Crippen LogP contribution in [0.5, 0.6) is 0 Å². The Morgan fingerprint density at radius 1 is 0.571 bits per heavy atom. The van der Waals surface area contributed by atoms with Crippen molar-refractivity contribution in [2.75, 3.05) is 0 Å². The van der Waals surface area contributed by atoms with Gasteiger partial charge in [0.2, 0.25) is 0 Å². The average molecular weight is 378 g/mol. The van der Waals surface area contributed by atoms with Crippen LogP contribution in [0.15, 0.2) is 36.4 Å². The van der Waals surface area contributed by atoms with Gasteiger partial charge in [0, 0.05) is 24.0 Å². The van der Waals surface area contributed by atoms with E-state index in [-0.39, 0.29) is 57.8 Å². The zero-order chi connectivity index (χ0) is 20.0. The lowest BCUT2D eigenvalue weighted by Gasteiger charge is -2.04. The van der Waals surface area contributed by atoms with Crippen molar-refractivity contribution in [1.29, 1.82) is 0 Å². The Labute approximate surface area is 157 Å². The Balaban J connectivity index is 1.47. The van der Waals surface area contributed by atoms with Crippen LogP contribution in [-0.2, 0) is 9.47 Å². The van der Waals surface area contributed by atoms with Crippen LogP contribution in [0.2, 0.25) is 0 Å². The Hall–Kier alpha value is -3.94. The van der Waals surface area contributed by atoms with Crippen molar-refractivity contribution in [2.45, 2.75) is 12.8 Å². The number of hydrogen-bond acceptors (Lipinski definition) is 8. The number of Topliss-reactive ketones (excluding diaryl/α,β-unsaturated/α-hetero) is 2. The molecular weight excluding hydrogens is 368 g/mol. The summed E-state index contributed by atoms with van der Waals surface area (Å²) in [5.74, 6) is -3.93. The number of esters is 4. The first kappa shape index (κ1) is 17.5. The van der Waals surface area contributed by atoms with E-state index in [4.69, 9.17) is 0 Å². The summed E-state index contributed by atoms with van der Waals surface area (Å²) >= 11 is 0. The lowest BCUT2D eigenvalue weighted by Crippen LogP contribution is -2.07. The van der Waals surface area contributed by atoms with Gasteiger partial charge in [0.15, 0.2) is 11.6 Å². The SMILES string of the molecule is O=C(CCC(=O)c1ccc2c(c1)C(=O)OC2=O)c1ccc2c(c1)C(=O)OC2=O. The highest BCUT2D eigenvalue weighted by Gasteiger charge is 2.31. The van der Waals surface area contributed by atoms with Crippen LogP contribution in [0.3, 0.4) is 0 Å². The molecule has 0 aliphatic carbocycles. The van der Waals surface area contributed by atoms with E-state index in [1.165, 1.54) is 36.4 Å². The van der Waals surface area contributed by atoms with E-state index < -0.39 is 23.9 Å². The summed E-state index contributed by atoms with van der Waals surface area (Å²) in [5.41, 5.74) is 0.588. The number of carbonyl (C=O) groups is 6. The van der Waals surface area contributed by atoms with Gasteiger partial charge in [-0.1, -0.05) is 12.1 Å². The minimum atomic E-state index is -0.815. The van der Waals surface area contributed by atoms with E-state index in [2.05, 4.69) is 9.47 Å². The molecule has 0 saturated heterocycles. The third-order valence-corrected chi connectivity index (χ3v) is 4.51. The number of rotatable bonds is 5. The van der Waals surface area contributed by atoms with E-state index in [1.807, 2.05) is 0 Å². The number of cyclic esters (lactones) is 4. The first-order chi connectivity index (χ1) is 13.3. The van der Waals surface area contributed by atoms with Gasteiger partial charge >= 0.3 is 23.9 Å². The molecule has 0 atom stereocenters. The van der Waals surface area contributed by atoms with Crippen LogP contribution in [0.25, 0.3) is 0 Å². The Morgan fingerprint density at radius 2 is 0.929 bits per heavy atom. The monoisotopic (exact) mass is 378 g/mol. The zero-order valence-electron chi connectivity index (χ0n) is 14.1. The molecule has 0 saturated carbocycles. The van der Waals surface area contributed by atoms with Crippen LogP contribution < -0.4 is 0 Å². The van der Waals surface area contributed by atoms with Crippen LogP contribution in [0.4, 0.5) is 0 Å². The molecule has 2 aromatic carbocycles. The minimum Gasteiger partial charge on any atom is -0.386 e. The number of benzene rings is 2. The summed E-state index contributed by atoms with van der Waals surface area (Å²) in [7, 11) is 0. The highest BCUT2D eigenvalue weighted by atomic mass is 16.6. The van der Waals surface area contributed by atoms with Gasteiger partial charge in [-0.2, -0.15) is 0 Å². The molecule has 2 heterocycles. The van der Waals surface area contributed by atoms with Gasteiger partial charge < -0.3 is 9.47 Å². The second-order valence-corrected chi connectivity index (χ2v) is 6.22. The zero-order valence-corrected chi connectivity index (χ0v) is 14.1. The van der Waals surface area contributed by atoms with Gasteiger partial charge in [0.05, 0.1) is 22.3 Å². The second-order valence-electron chi connectivity index (χ2n) is 6.22. The molecule has 138 valence electrons. The van der Waals surface area contributed by atoms with Gasteiger partial charge in [-0.3, -0.25) is 9.59 Å². The van der Waals surface area contributed by atoms with Crippen LogP contribution in [0.1, 0.15) is 75.0 Å². The van der Waals surface area contributed by atoms with E-state index in [9.17, 15) is 28.8 Å². The van der Waals surface area contributed by atoms with Crippen LogP contribution >= 0.6 is 0 Å². The summed E-state index contributed by atoms with van der Waals surface area (Å²) in [6, 6.07) is 7.99. The highest BCUT2D eigenvalue weighted by Crippen LogP contribution is 2.24. The molecule has 0 radical (unpaired) electrons. The largest absolute Gasteiger partial charge is 0.386 e. The molecule has 0 N–H and O–H groups in total. The van der Waals surface area contributed by atoms with E-state index >= 15 is 0 Å². The molecular formula is C20H10O8. The Kier molecular flexibility index (Phi) is 3.96. The molecule has 0 unspecified atom stereocenters. The van der Waals surface area contributed by atoms with Crippen LogP contribution in [0, 0.1) is 0 Å². The van der Waals surface area contributed by atoms with Gasteiger partial charge in [0.1, 0.15) is 0 Å². The summed E-state index contributed by atoms with van der Waals surface area (Å²) in [4.78, 5) is 70.7. The number of ether oxygens (including phenoxy) is 2. The summed E-state index contributed by atoms with van der Waals surface area (Å²) in [5, 5.41) is 0. The van der Waals surface area contributed by atoms with Crippen molar-refractivity contribution in [3.05, 3.63) is 69.8 Å². The van der Waals surface area contributed by atoms with Gasteiger partial charge in [0.25, 0.3) is 0 Å². The molecule has 0 bridgehead atoms.